The molecular formula is C9H11Cl2NO4S. The van der Waals surface area contributed by atoms with Crippen LogP contribution in [0.2, 0.25) is 0 Å². The summed E-state index contributed by atoms with van der Waals surface area (Å²) in [5.74, 6) is -0.622. The molecular weight excluding hydrogens is 289 g/mol. The van der Waals surface area contributed by atoms with E-state index in [0.717, 1.165) is 10.4 Å². The quantitative estimate of drug-likeness (QED) is 0.551. The molecule has 0 bridgehead atoms. The van der Waals surface area contributed by atoms with Gasteiger partial charge in [-0.05, 0) is 24.4 Å². The normalized spacial score (nSPS) is 18.4. The van der Waals surface area contributed by atoms with Crippen molar-refractivity contribution in [2.75, 3.05) is 6.54 Å². The van der Waals surface area contributed by atoms with Gasteiger partial charge in [-0.1, -0.05) is 18.0 Å². The zero-order chi connectivity index (χ0) is 13.1. The Kier molecular flexibility index (Phi) is 4.97. The fraction of sp³-hybridized carbons (Fsp3) is 0.556. The Balaban J connectivity index is 2.39. The number of unbranched alkanes of at least 4 members (excludes halogenated alkanes) is 2. The van der Waals surface area contributed by atoms with Crippen LogP contribution in [-0.4, -0.2) is 30.4 Å². The maximum atomic E-state index is 11.5. The van der Waals surface area contributed by atoms with E-state index in [1.165, 1.54) is 0 Å². The van der Waals surface area contributed by atoms with E-state index in [1.807, 2.05) is 0 Å². The van der Waals surface area contributed by atoms with E-state index < -0.39 is 25.5 Å². The van der Waals surface area contributed by atoms with Crippen molar-refractivity contribution in [3.8, 4) is 0 Å². The smallest absolute Gasteiger partial charge is 0.277 e. The zero-order valence-corrected chi connectivity index (χ0v) is 11.2. The number of hydrogen-bond donors (Lipinski definition) is 0. The molecule has 0 aromatic carbocycles. The second kappa shape index (κ2) is 5.84. The van der Waals surface area contributed by atoms with Crippen LogP contribution >= 0.6 is 23.2 Å². The molecule has 0 unspecified atom stereocenters. The number of halogens is 2. The fourth-order valence-corrected chi connectivity index (χ4v) is 2.99. The van der Waals surface area contributed by atoms with Crippen LogP contribution in [0.5, 0.6) is 0 Å². The Morgan fingerprint density at radius 1 is 1.29 bits per heavy atom. The molecule has 0 atom stereocenters. The first-order chi connectivity index (χ1) is 7.85. The molecule has 0 aromatic heterocycles. The number of rotatable bonds is 6. The van der Waals surface area contributed by atoms with Crippen LogP contribution in [0.15, 0.2) is 10.4 Å². The van der Waals surface area contributed by atoms with Crippen molar-refractivity contribution >= 4 is 44.4 Å². The lowest BCUT2D eigenvalue weighted by atomic mass is 10.2. The van der Waals surface area contributed by atoms with Crippen molar-refractivity contribution in [3.05, 3.63) is 10.4 Å². The maximum absolute atomic E-state index is 11.5. The van der Waals surface area contributed by atoms with Crippen molar-refractivity contribution in [3.63, 3.8) is 0 Å². The zero-order valence-electron chi connectivity index (χ0n) is 8.86. The van der Waals surface area contributed by atoms with E-state index in [2.05, 4.69) is 0 Å². The first-order valence-electron chi connectivity index (χ1n) is 4.98. The minimum atomic E-state index is -3.80. The number of hydrogen-bond acceptors (Lipinski definition) is 4. The number of sulfonamides is 1. The van der Waals surface area contributed by atoms with Crippen LogP contribution in [0.4, 0.5) is 0 Å². The van der Waals surface area contributed by atoms with Crippen LogP contribution in [0.1, 0.15) is 25.7 Å². The van der Waals surface area contributed by atoms with E-state index in [-0.39, 0.29) is 13.0 Å². The highest BCUT2D eigenvalue weighted by Gasteiger charge is 2.35. The molecule has 0 radical (unpaired) electrons. The Morgan fingerprint density at radius 3 is 2.41 bits per heavy atom. The molecule has 0 saturated heterocycles. The van der Waals surface area contributed by atoms with Gasteiger partial charge in [0, 0.05) is 19.0 Å². The third-order valence-electron chi connectivity index (χ3n) is 2.25. The molecule has 5 nitrogen and oxygen atoms in total. The summed E-state index contributed by atoms with van der Waals surface area (Å²) in [5, 5.41) is -0.417. The van der Waals surface area contributed by atoms with Gasteiger partial charge in [-0.15, -0.1) is 0 Å². The van der Waals surface area contributed by atoms with Gasteiger partial charge >= 0.3 is 0 Å². The van der Waals surface area contributed by atoms with Gasteiger partial charge in [-0.25, -0.2) is 12.7 Å². The molecule has 0 saturated carbocycles. The number of nitrogens with zero attached hydrogens (tertiary/aromatic N) is 1. The highest BCUT2D eigenvalue weighted by atomic mass is 35.5. The van der Waals surface area contributed by atoms with Crippen LogP contribution < -0.4 is 0 Å². The predicted molar refractivity (Wildman–Crippen MR) is 63.9 cm³/mol. The van der Waals surface area contributed by atoms with Crippen molar-refractivity contribution in [2.24, 2.45) is 0 Å². The van der Waals surface area contributed by atoms with Crippen LogP contribution in [-0.2, 0) is 19.6 Å². The summed E-state index contributed by atoms with van der Waals surface area (Å²) in [6, 6.07) is 0. The topological polar surface area (TPSA) is 71.5 Å². The molecule has 8 heteroatoms. The first-order valence-corrected chi connectivity index (χ1v) is 7.17. The van der Waals surface area contributed by atoms with Gasteiger partial charge in [0.15, 0.2) is 4.36 Å². The van der Waals surface area contributed by atoms with E-state index >= 15 is 0 Å². The summed E-state index contributed by atoms with van der Waals surface area (Å²) in [7, 11) is -3.80. The van der Waals surface area contributed by atoms with Gasteiger partial charge in [0.25, 0.3) is 15.9 Å². The molecule has 1 heterocycles. The fourth-order valence-electron chi connectivity index (χ4n) is 1.39. The molecule has 0 fully saturated rings. The van der Waals surface area contributed by atoms with Gasteiger partial charge in [0.05, 0.1) is 0 Å². The molecule has 1 aliphatic rings. The largest absolute Gasteiger partial charge is 0.281 e. The summed E-state index contributed by atoms with van der Waals surface area (Å²) in [6.07, 6.45) is 2.81. The van der Waals surface area contributed by atoms with E-state index in [1.54, 1.807) is 0 Å². The SMILES string of the molecule is O=C(Cl)CCCCCN1C(=O)C=C(Cl)S1(=O)=O. The third-order valence-corrected chi connectivity index (χ3v) is 4.69. The minimum Gasteiger partial charge on any atom is -0.281 e. The van der Waals surface area contributed by atoms with E-state index in [0.29, 0.717) is 19.3 Å². The van der Waals surface area contributed by atoms with Crippen LogP contribution in [0.3, 0.4) is 0 Å². The van der Waals surface area contributed by atoms with Crippen molar-refractivity contribution in [2.45, 2.75) is 25.7 Å². The second-order valence-corrected chi connectivity index (χ2v) is 6.41. The molecule has 0 aromatic rings. The van der Waals surface area contributed by atoms with Crippen molar-refractivity contribution < 1.29 is 18.0 Å². The van der Waals surface area contributed by atoms with Crippen molar-refractivity contribution in [1.29, 1.82) is 0 Å². The Morgan fingerprint density at radius 2 is 1.94 bits per heavy atom. The third kappa shape index (κ3) is 3.69. The molecule has 1 rings (SSSR count). The lowest BCUT2D eigenvalue weighted by molar-refractivity contribution is -0.121. The van der Waals surface area contributed by atoms with E-state index in [9.17, 15) is 18.0 Å². The first kappa shape index (κ1) is 14.5. The van der Waals surface area contributed by atoms with Crippen molar-refractivity contribution in [1.82, 2.24) is 4.31 Å². The monoisotopic (exact) mass is 299 g/mol. The van der Waals surface area contributed by atoms with Gasteiger partial charge in [0.1, 0.15) is 0 Å². The summed E-state index contributed by atoms with van der Waals surface area (Å²) >= 11 is 10.6. The minimum absolute atomic E-state index is 0.0738. The number of carbonyl (C=O) groups excluding carboxylic acids is 2. The maximum Gasteiger partial charge on any atom is 0.277 e. The standard InChI is InChI=1S/C9H11Cl2NO4S/c10-7(13)4-2-1-3-5-12-9(14)6-8(11)17(12,15)16/h6H,1-5H2. The lowest BCUT2D eigenvalue weighted by Crippen LogP contribution is -2.31. The average Bonchev–Trinajstić information content (AvgIpc) is 2.39. The Labute approximate surface area is 109 Å². The molecule has 17 heavy (non-hydrogen) atoms. The van der Waals surface area contributed by atoms with Crippen LogP contribution in [0.25, 0.3) is 0 Å². The summed E-state index contributed by atoms with van der Waals surface area (Å²) in [5.41, 5.74) is 0. The summed E-state index contributed by atoms with van der Waals surface area (Å²) in [6.45, 7) is 0.0738. The Bertz CT molecular complexity index is 458. The van der Waals surface area contributed by atoms with Gasteiger partial charge in [-0.2, -0.15) is 0 Å². The molecule has 0 N–H and O–H groups in total. The molecule has 0 aliphatic carbocycles. The highest BCUT2D eigenvalue weighted by Crippen LogP contribution is 2.25. The second-order valence-electron chi connectivity index (χ2n) is 3.53. The van der Waals surface area contributed by atoms with Gasteiger partial charge < -0.3 is 0 Å². The number of amides is 1. The molecule has 96 valence electrons. The highest BCUT2D eigenvalue weighted by molar-refractivity contribution is 7.95. The molecule has 1 aliphatic heterocycles. The van der Waals surface area contributed by atoms with E-state index in [4.69, 9.17) is 23.2 Å². The van der Waals surface area contributed by atoms with Gasteiger partial charge in [0.2, 0.25) is 5.24 Å². The lowest BCUT2D eigenvalue weighted by Gasteiger charge is -2.14. The molecule has 0 spiro atoms. The predicted octanol–water partition coefficient (Wildman–Crippen LogP) is 1.56. The summed E-state index contributed by atoms with van der Waals surface area (Å²) < 4.78 is 23.3. The average molecular weight is 300 g/mol. The van der Waals surface area contributed by atoms with Crippen LogP contribution in [0, 0.1) is 0 Å². The molecule has 1 amide bonds. The Hall–Kier alpha value is -0.590. The van der Waals surface area contributed by atoms with Gasteiger partial charge in [-0.3, -0.25) is 9.59 Å². The summed E-state index contributed by atoms with van der Waals surface area (Å²) in [4.78, 5) is 21.7. The number of carbonyl (C=O) groups is 2.